The van der Waals surface area contributed by atoms with Gasteiger partial charge in [-0.2, -0.15) is 0 Å². The minimum absolute atomic E-state index is 0.571. The summed E-state index contributed by atoms with van der Waals surface area (Å²) in [5, 5.41) is 0.720. The summed E-state index contributed by atoms with van der Waals surface area (Å²) in [5.41, 5.74) is 11.4. The highest BCUT2D eigenvalue weighted by Crippen LogP contribution is 2.32. The van der Waals surface area contributed by atoms with Crippen molar-refractivity contribution < 1.29 is 4.74 Å². The van der Waals surface area contributed by atoms with Crippen molar-refractivity contribution in [2.45, 2.75) is 13.0 Å². The Labute approximate surface area is 147 Å². The van der Waals surface area contributed by atoms with Gasteiger partial charge in [0.05, 0.1) is 7.11 Å². The molecule has 0 saturated heterocycles. The number of ether oxygens (including phenoxy) is 1. The van der Waals surface area contributed by atoms with Crippen LogP contribution in [0.4, 0.5) is 0 Å². The van der Waals surface area contributed by atoms with E-state index in [2.05, 4.69) is 36.4 Å². The first kappa shape index (κ1) is 16.6. The minimum Gasteiger partial charge on any atom is -0.496 e. The van der Waals surface area contributed by atoms with E-state index in [1.165, 1.54) is 11.1 Å². The van der Waals surface area contributed by atoms with E-state index in [-0.39, 0.29) is 0 Å². The van der Waals surface area contributed by atoms with Gasteiger partial charge >= 0.3 is 0 Å². The molecular formula is C21H20ClNO. The number of rotatable bonds is 5. The third kappa shape index (κ3) is 3.78. The lowest BCUT2D eigenvalue weighted by atomic mass is 9.98. The third-order valence-corrected chi connectivity index (χ3v) is 4.30. The van der Waals surface area contributed by atoms with Gasteiger partial charge < -0.3 is 10.5 Å². The molecule has 3 aromatic carbocycles. The van der Waals surface area contributed by atoms with Crippen molar-refractivity contribution in [3.8, 4) is 16.9 Å². The second-order valence-corrected chi connectivity index (χ2v) is 6.18. The average molecular weight is 338 g/mol. The number of hydrogen-bond donors (Lipinski definition) is 1. The molecule has 0 aromatic heterocycles. The molecule has 0 unspecified atom stereocenters. The molecule has 0 amide bonds. The molecule has 0 spiro atoms. The first-order chi connectivity index (χ1) is 11.7. The van der Waals surface area contributed by atoms with Gasteiger partial charge in [0.25, 0.3) is 0 Å². The highest BCUT2D eigenvalue weighted by atomic mass is 35.5. The number of hydrogen-bond acceptors (Lipinski definition) is 2. The van der Waals surface area contributed by atoms with Crippen LogP contribution >= 0.6 is 11.6 Å². The summed E-state index contributed by atoms with van der Waals surface area (Å²) in [5.74, 6) is 0.847. The molecule has 2 nitrogen and oxygen atoms in total. The lowest BCUT2D eigenvalue weighted by Crippen LogP contribution is -1.97. The summed E-state index contributed by atoms with van der Waals surface area (Å²) < 4.78 is 5.52. The number of methoxy groups -OCH3 is 1. The fourth-order valence-electron chi connectivity index (χ4n) is 2.78. The maximum absolute atomic E-state index is 6.14. The Balaban J connectivity index is 1.93. The minimum atomic E-state index is 0.571. The predicted molar refractivity (Wildman–Crippen MR) is 101 cm³/mol. The largest absolute Gasteiger partial charge is 0.496 e. The Morgan fingerprint density at radius 1 is 0.875 bits per heavy atom. The smallest absolute Gasteiger partial charge is 0.126 e. The molecule has 2 N–H and O–H groups in total. The van der Waals surface area contributed by atoms with E-state index < -0.39 is 0 Å². The molecule has 3 aromatic rings. The van der Waals surface area contributed by atoms with Gasteiger partial charge in [-0.3, -0.25) is 0 Å². The van der Waals surface area contributed by atoms with Crippen molar-refractivity contribution in [2.24, 2.45) is 5.73 Å². The molecule has 0 bridgehead atoms. The van der Waals surface area contributed by atoms with Crippen molar-refractivity contribution in [2.75, 3.05) is 7.11 Å². The fourth-order valence-corrected chi connectivity index (χ4v) is 2.97. The van der Waals surface area contributed by atoms with Crippen molar-refractivity contribution in [1.29, 1.82) is 0 Å². The topological polar surface area (TPSA) is 35.2 Å². The van der Waals surface area contributed by atoms with Crippen LogP contribution in [-0.2, 0) is 13.0 Å². The molecule has 3 heteroatoms. The standard InChI is InChI=1S/C21H20ClNO/c1-24-21-10-9-17(11-15-5-7-16(14-23)8-6-15)12-20(21)18-3-2-4-19(22)13-18/h2-10,12-13H,11,14,23H2,1H3. The van der Waals surface area contributed by atoms with Gasteiger partial charge in [0, 0.05) is 17.1 Å². The van der Waals surface area contributed by atoms with E-state index >= 15 is 0 Å². The predicted octanol–water partition coefficient (Wildman–Crippen LogP) is 5.07. The highest BCUT2D eigenvalue weighted by Gasteiger charge is 2.08. The van der Waals surface area contributed by atoms with Crippen molar-refractivity contribution in [3.05, 3.63) is 88.4 Å². The van der Waals surface area contributed by atoms with Crippen LogP contribution in [0.5, 0.6) is 5.75 Å². The van der Waals surface area contributed by atoms with E-state index in [1.807, 2.05) is 30.3 Å². The second kappa shape index (κ2) is 7.52. The number of nitrogens with two attached hydrogens (primary N) is 1. The molecule has 24 heavy (non-hydrogen) atoms. The molecule has 0 aliphatic carbocycles. The van der Waals surface area contributed by atoms with Crippen molar-refractivity contribution in [1.82, 2.24) is 0 Å². The molecule has 3 rings (SSSR count). The molecule has 122 valence electrons. The maximum atomic E-state index is 6.14. The van der Waals surface area contributed by atoms with Crippen LogP contribution in [0.1, 0.15) is 16.7 Å². The van der Waals surface area contributed by atoms with Gasteiger partial charge in [-0.1, -0.05) is 54.1 Å². The third-order valence-electron chi connectivity index (χ3n) is 4.07. The van der Waals surface area contributed by atoms with E-state index in [4.69, 9.17) is 22.1 Å². The Hall–Kier alpha value is -2.29. The van der Waals surface area contributed by atoms with Crippen LogP contribution in [0.15, 0.2) is 66.7 Å². The normalized spacial score (nSPS) is 10.6. The van der Waals surface area contributed by atoms with E-state index in [0.29, 0.717) is 6.54 Å². The first-order valence-corrected chi connectivity index (χ1v) is 8.28. The first-order valence-electron chi connectivity index (χ1n) is 7.90. The molecule has 0 aliphatic heterocycles. The summed E-state index contributed by atoms with van der Waals surface area (Å²) in [4.78, 5) is 0. The van der Waals surface area contributed by atoms with E-state index in [1.54, 1.807) is 7.11 Å². The molecule has 0 atom stereocenters. The highest BCUT2D eigenvalue weighted by molar-refractivity contribution is 6.30. The van der Waals surface area contributed by atoms with Gasteiger partial charge in [-0.25, -0.2) is 0 Å². The van der Waals surface area contributed by atoms with Crippen LogP contribution < -0.4 is 10.5 Å². The zero-order valence-corrected chi connectivity index (χ0v) is 14.4. The molecule has 0 radical (unpaired) electrons. The maximum Gasteiger partial charge on any atom is 0.126 e. The van der Waals surface area contributed by atoms with Crippen LogP contribution in [0, 0.1) is 0 Å². The molecular weight excluding hydrogens is 318 g/mol. The van der Waals surface area contributed by atoms with E-state index in [0.717, 1.165) is 33.9 Å². The molecule has 0 aliphatic rings. The summed E-state index contributed by atoms with van der Waals surface area (Å²) >= 11 is 6.14. The SMILES string of the molecule is COc1ccc(Cc2ccc(CN)cc2)cc1-c1cccc(Cl)c1. The van der Waals surface area contributed by atoms with Crippen molar-refractivity contribution >= 4 is 11.6 Å². The summed E-state index contributed by atoms with van der Waals surface area (Å²) in [7, 11) is 1.69. The Kier molecular flexibility index (Phi) is 5.19. The molecule has 0 saturated carbocycles. The Morgan fingerprint density at radius 2 is 1.58 bits per heavy atom. The van der Waals surface area contributed by atoms with Gasteiger partial charge in [-0.15, -0.1) is 0 Å². The van der Waals surface area contributed by atoms with Gasteiger partial charge in [0.2, 0.25) is 0 Å². The van der Waals surface area contributed by atoms with Gasteiger partial charge in [0.1, 0.15) is 5.75 Å². The summed E-state index contributed by atoms with van der Waals surface area (Å²) in [6.45, 7) is 0.571. The second-order valence-electron chi connectivity index (χ2n) is 5.74. The number of halogens is 1. The zero-order valence-electron chi connectivity index (χ0n) is 13.6. The van der Waals surface area contributed by atoms with Gasteiger partial charge in [0.15, 0.2) is 0 Å². The van der Waals surface area contributed by atoms with Crippen LogP contribution in [0.2, 0.25) is 5.02 Å². The van der Waals surface area contributed by atoms with Crippen LogP contribution in [0.3, 0.4) is 0 Å². The number of benzene rings is 3. The molecule has 0 heterocycles. The Morgan fingerprint density at radius 3 is 2.25 bits per heavy atom. The Bertz CT molecular complexity index is 827. The fraction of sp³-hybridized carbons (Fsp3) is 0.143. The van der Waals surface area contributed by atoms with E-state index in [9.17, 15) is 0 Å². The van der Waals surface area contributed by atoms with Gasteiger partial charge in [-0.05, 0) is 52.9 Å². The quantitative estimate of drug-likeness (QED) is 0.705. The lowest BCUT2D eigenvalue weighted by molar-refractivity contribution is 0.416. The molecule has 0 fully saturated rings. The van der Waals surface area contributed by atoms with Crippen LogP contribution in [0.25, 0.3) is 11.1 Å². The summed E-state index contributed by atoms with van der Waals surface area (Å²) in [6, 6.07) is 22.5. The van der Waals surface area contributed by atoms with Crippen molar-refractivity contribution in [3.63, 3.8) is 0 Å². The summed E-state index contributed by atoms with van der Waals surface area (Å²) in [6.07, 6.45) is 0.864. The monoisotopic (exact) mass is 337 g/mol. The lowest BCUT2D eigenvalue weighted by Gasteiger charge is -2.12. The average Bonchev–Trinajstić information content (AvgIpc) is 2.62. The zero-order chi connectivity index (χ0) is 16.9. The van der Waals surface area contributed by atoms with Crippen LogP contribution in [-0.4, -0.2) is 7.11 Å².